The summed E-state index contributed by atoms with van der Waals surface area (Å²) < 4.78 is 2.17. The van der Waals surface area contributed by atoms with Gasteiger partial charge >= 0.3 is 0 Å². The van der Waals surface area contributed by atoms with Gasteiger partial charge in [0, 0.05) is 25.3 Å². The van der Waals surface area contributed by atoms with Crippen LogP contribution in [0.25, 0.3) is 0 Å². The molecule has 1 N–H and O–H groups in total. The molecule has 0 radical (unpaired) electrons. The number of nitrogens with zero attached hydrogens (tertiary/aromatic N) is 3. The predicted molar refractivity (Wildman–Crippen MR) is 74.1 cm³/mol. The van der Waals surface area contributed by atoms with Gasteiger partial charge in [0.05, 0.1) is 6.04 Å². The van der Waals surface area contributed by atoms with Crippen LogP contribution in [-0.4, -0.2) is 26.6 Å². The van der Waals surface area contributed by atoms with E-state index in [0.717, 1.165) is 31.0 Å². The standard InChI is InChI=1S/C13H21ClN4O/c1-10(15-12(19)7-5-8-14)13-17-16-11-6-3-2-4-9-18(11)13/h10H,2-9H2,1H3,(H,15,19). The van der Waals surface area contributed by atoms with Crippen molar-refractivity contribution in [3.05, 3.63) is 11.6 Å². The predicted octanol–water partition coefficient (Wildman–Crippen LogP) is 2.20. The minimum Gasteiger partial charge on any atom is -0.346 e. The zero-order chi connectivity index (χ0) is 13.7. The molecule has 0 spiro atoms. The highest BCUT2D eigenvalue weighted by molar-refractivity contribution is 6.17. The summed E-state index contributed by atoms with van der Waals surface area (Å²) in [4.78, 5) is 11.7. The second kappa shape index (κ2) is 6.89. The van der Waals surface area contributed by atoms with E-state index in [1.54, 1.807) is 0 Å². The zero-order valence-electron chi connectivity index (χ0n) is 11.4. The number of carbonyl (C=O) groups excluding carboxylic acids is 1. The highest BCUT2D eigenvalue weighted by Gasteiger charge is 2.20. The Morgan fingerprint density at radius 1 is 1.42 bits per heavy atom. The lowest BCUT2D eigenvalue weighted by Gasteiger charge is -2.15. The zero-order valence-corrected chi connectivity index (χ0v) is 12.1. The minimum atomic E-state index is -0.0952. The van der Waals surface area contributed by atoms with Crippen molar-refractivity contribution in [2.45, 2.75) is 58.0 Å². The molecule has 106 valence electrons. The van der Waals surface area contributed by atoms with Gasteiger partial charge in [-0.25, -0.2) is 0 Å². The molecule has 1 amide bonds. The normalized spacial score (nSPS) is 16.5. The number of amides is 1. The van der Waals surface area contributed by atoms with E-state index in [4.69, 9.17) is 11.6 Å². The molecule has 1 aliphatic heterocycles. The van der Waals surface area contributed by atoms with E-state index in [9.17, 15) is 4.79 Å². The Morgan fingerprint density at radius 3 is 3.05 bits per heavy atom. The number of hydrogen-bond donors (Lipinski definition) is 1. The van der Waals surface area contributed by atoms with Crippen molar-refractivity contribution in [2.75, 3.05) is 5.88 Å². The topological polar surface area (TPSA) is 59.8 Å². The van der Waals surface area contributed by atoms with Gasteiger partial charge in [-0.15, -0.1) is 21.8 Å². The van der Waals surface area contributed by atoms with Crippen molar-refractivity contribution in [1.82, 2.24) is 20.1 Å². The monoisotopic (exact) mass is 284 g/mol. The lowest BCUT2D eigenvalue weighted by Crippen LogP contribution is -2.28. The first-order chi connectivity index (χ1) is 9.22. The van der Waals surface area contributed by atoms with Gasteiger partial charge in [0.25, 0.3) is 0 Å². The van der Waals surface area contributed by atoms with Crippen LogP contribution in [-0.2, 0) is 17.8 Å². The molecule has 0 fully saturated rings. The van der Waals surface area contributed by atoms with Gasteiger partial charge in [0.1, 0.15) is 5.82 Å². The van der Waals surface area contributed by atoms with Crippen molar-refractivity contribution in [1.29, 1.82) is 0 Å². The average Bonchev–Trinajstić information content (AvgIpc) is 2.66. The summed E-state index contributed by atoms with van der Waals surface area (Å²) in [5.41, 5.74) is 0. The number of fused-ring (bicyclic) bond motifs is 1. The number of carbonyl (C=O) groups is 1. The Hall–Kier alpha value is -1.10. The third kappa shape index (κ3) is 3.69. The summed E-state index contributed by atoms with van der Waals surface area (Å²) in [6, 6.07) is -0.0952. The summed E-state index contributed by atoms with van der Waals surface area (Å²) in [7, 11) is 0. The van der Waals surface area contributed by atoms with Crippen LogP contribution in [0.15, 0.2) is 0 Å². The maximum atomic E-state index is 11.7. The third-order valence-electron chi connectivity index (χ3n) is 3.44. The van der Waals surface area contributed by atoms with E-state index in [-0.39, 0.29) is 11.9 Å². The van der Waals surface area contributed by atoms with Crippen LogP contribution < -0.4 is 5.32 Å². The molecule has 19 heavy (non-hydrogen) atoms. The highest BCUT2D eigenvalue weighted by Crippen LogP contribution is 2.18. The molecule has 2 rings (SSSR count). The number of alkyl halides is 1. The molecule has 1 atom stereocenters. The lowest BCUT2D eigenvalue weighted by molar-refractivity contribution is -0.121. The van der Waals surface area contributed by atoms with Crippen LogP contribution in [0.1, 0.15) is 56.7 Å². The molecule has 0 saturated heterocycles. The lowest BCUT2D eigenvalue weighted by atomic mass is 10.2. The molecular formula is C13H21ClN4O. The first-order valence-electron chi connectivity index (χ1n) is 6.99. The minimum absolute atomic E-state index is 0.0270. The van der Waals surface area contributed by atoms with Gasteiger partial charge in [0.2, 0.25) is 5.91 Å². The number of nitrogens with one attached hydrogen (secondary N) is 1. The van der Waals surface area contributed by atoms with Gasteiger partial charge in [-0.1, -0.05) is 6.42 Å². The van der Waals surface area contributed by atoms with Gasteiger partial charge in [-0.2, -0.15) is 0 Å². The summed E-state index contributed by atoms with van der Waals surface area (Å²) >= 11 is 5.59. The van der Waals surface area contributed by atoms with Crippen LogP contribution in [0, 0.1) is 0 Å². The van der Waals surface area contributed by atoms with E-state index in [0.29, 0.717) is 18.7 Å². The van der Waals surface area contributed by atoms with Gasteiger partial charge in [-0.05, 0) is 26.2 Å². The molecule has 0 aromatic carbocycles. The second-order valence-corrected chi connectivity index (χ2v) is 5.40. The fourth-order valence-corrected chi connectivity index (χ4v) is 2.57. The summed E-state index contributed by atoms with van der Waals surface area (Å²) in [5.74, 6) is 2.46. The Labute approximate surface area is 118 Å². The van der Waals surface area contributed by atoms with E-state index in [2.05, 4.69) is 20.1 Å². The molecule has 2 heterocycles. The molecule has 1 unspecified atom stereocenters. The van der Waals surface area contributed by atoms with Crippen LogP contribution in [0.2, 0.25) is 0 Å². The molecular weight excluding hydrogens is 264 g/mol. The summed E-state index contributed by atoms with van der Waals surface area (Å²) in [5, 5.41) is 11.5. The molecule has 6 heteroatoms. The fourth-order valence-electron chi connectivity index (χ4n) is 2.43. The number of hydrogen-bond acceptors (Lipinski definition) is 3. The van der Waals surface area contributed by atoms with Crippen LogP contribution in [0.5, 0.6) is 0 Å². The Bertz CT molecular complexity index is 432. The van der Waals surface area contributed by atoms with Crippen LogP contribution in [0.3, 0.4) is 0 Å². The maximum Gasteiger partial charge on any atom is 0.220 e. The van der Waals surface area contributed by atoms with E-state index in [1.165, 1.54) is 12.8 Å². The summed E-state index contributed by atoms with van der Waals surface area (Å²) in [6.45, 7) is 2.92. The van der Waals surface area contributed by atoms with Crippen molar-refractivity contribution in [2.24, 2.45) is 0 Å². The number of aryl methyl sites for hydroxylation is 1. The Balaban J connectivity index is 2.01. The smallest absolute Gasteiger partial charge is 0.220 e. The largest absolute Gasteiger partial charge is 0.346 e. The molecule has 1 aromatic rings. The molecule has 0 aliphatic carbocycles. The Morgan fingerprint density at radius 2 is 2.26 bits per heavy atom. The number of aromatic nitrogens is 3. The van der Waals surface area contributed by atoms with E-state index < -0.39 is 0 Å². The molecule has 1 aromatic heterocycles. The quantitative estimate of drug-likeness (QED) is 0.843. The molecule has 0 saturated carbocycles. The van der Waals surface area contributed by atoms with Gasteiger partial charge < -0.3 is 9.88 Å². The molecule has 1 aliphatic rings. The average molecular weight is 285 g/mol. The van der Waals surface area contributed by atoms with E-state index in [1.807, 2.05) is 6.92 Å². The van der Waals surface area contributed by atoms with Crippen molar-refractivity contribution in [3.63, 3.8) is 0 Å². The number of rotatable bonds is 5. The van der Waals surface area contributed by atoms with Crippen LogP contribution >= 0.6 is 11.6 Å². The van der Waals surface area contributed by atoms with E-state index >= 15 is 0 Å². The van der Waals surface area contributed by atoms with Gasteiger partial charge in [0.15, 0.2) is 5.82 Å². The molecule has 0 bridgehead atoms. The first kappa shape index (κ1) is 14.3. The third-order valence-corrected chi connectivity index (χ3v) is 3.71. The maximum absolute atomic E-state index is 11.7. The van der Waals surface area contributed by atoms with Crippen molar-refractivity contribution >= 4 is 17.5 Å². The number of halogens is 1. The summed E-state index contributed by atoms with van der Waals surface area (Å²) in [6.07, 6.45) is 5.73. The fraction of sp³-hybridized carbons (Fsp3) is 0.769. The first-order valence-corrected chi connectivity index (χ1v) is 7.53. The second-order valence-electron chi connectivity index (χ2n) is 5.02. The van der Waals surface area contributed by atoms with Crippen LogP contribution in [0.4, 0.5) is 0 Å². The Kier molecular flexibility index (Phi) is 5.19. The molecule has 5 nitrogen and oxygen atoms in total. The van der Waals surface area contributed by atoms with Crippen molar-refractivity contribution < 1.29 is 4.79 Å². The SMILES string of the molecule is CC(NC(=O)CCCCl)c1nnc2n1CCCCC2. The van der Waals surface area contributed by atoms with Gasteiger partial charge in [-0.3, -0.25) is 4.79 Å². The highest BCUT2D eigenvalue weighted by atomic mass is 35.5. The van der Waals surface area contributed by atoms with Crippen molar-refractivity contribution in [3.8, 4) is 0 Å².